The lowest BCUT2D eigenvalue weighted by molar-refractivity contribution is -0.137. The predicted octanol–water partition coefficient (Wildman–Crippen LogP) is 3.94. The first-order chi connectivity index (χ1) is 13.9. The van der Waals surface area contributed by atoms with E-state index in [2.05, 4.69) is 10.5 Å². The van der Waals surface area contributed by atoms with Gasteiger partial charge in [-0.15, -0.1) is 0 Å². The minimum atomic E-state index is -0.491. The van der Waals surface area contributed by atoms with Crippen molar-refractivity contribution in [2.24, 2.45) is 5.92 Å². The molecule has 4 rings (SSSR count). The van der Waals surface area contributed by atoms with Crippen LogP contribution in [0.3, 0.4) is 0 Å². The first-order valence-electron chi connectivity index (χ1n) is 10.2. The van der Waals surface area contributed by atoms with Gasteiger partial charge in [0.05, 0.1) is 0 Å². The van der Waals surface area contributed by atoms with Crippen LogP contribution in [0.4, 0.5) is 10.2 Å². The molecule has 0 radical (unpaired) electrons. The summed E-state index contributed by atoms with van der Waals surface area (Å²) in [6.45, 7) is 4.08. The van der Waals surface area contributed by atoms with Crippen LogP contribution in [0, 0.1) is 25.6 Å². The van der Waals surface area contributed by atoms with Crippen molar-refractivity contribution in [1.82, 2.24) is 10.1 Å². The van der Waals surface area contributed by atoms with Crippen LogP contribution in [-0.4, -0.2) is 34.5 Å². The molecule has 2 aliphatic rings. The molecule has 1 unspecified atom stereocenters. The number of nitrogens with one attached hydrogen (secondary N) is 1. The average Bonchev–Trinajstić information content (AvgIpc) is 3.25. The number of hydrogen-bond donors (Lipinski definition) is 1. The number of carbonyl (C=O) groups is 2. The second-order valence-electron chi connectivity index (χ2n) is 8.21. The fourth-order valence-electron chi connectivity index (χ4n) is 4.23. The van der Waals surface area contributed by atoms with Gasteiger partial charge in [-0.1, -0.05) is 17.3 Å². The van der Waals surface area contributed by atoms with Gasteiger partial charge < -0.3 is 14.7 Å². The van der Waals surface area contributed by atoms with Gasteiger partial charge >= 0.3 is 0 Å². The highest BCUT2D eigenvalue weighted by Crippen LogP contribution is 2.45. The second kappa shape index (κ2) is 7.97. The molecule has 1 aliphatic carbocycles. The number of carbonyl (C=O) groups excluding carboxylic acids is 2. The summed E-state index contributed by atoms with van der Waals surface area (Å²) in [4.78, 5) is 27.5. The molecule has 2 fully saturated rings. The predicted molar refractivity (Wildman–Crippen MR) is 106 cm³/mol. The standard InChI is InChI=1S/C22H26FN3O3/c1-13-10-16(7-8-18(13)23)17(15-5-6-15)12-21(27)26-9-3-4-19(26)22(28)24-20-11-14(2)29-25-20/h7-8,10-11,15,17,19H,3-6,9,12H2,1-2H3,(H,24,25,28)/t17?,19-/m1/s1. The molecule has 2 atom stereocenters. The minimum Gasteiger partial charge on any atom is -0.360 e. The molecule has 29 heavy (non-hydrogen) atoms. The Hall–Kier alpha value is -2.70. The number of hydrogen-bond acceptors (Lipinski definition) is 4. The van der Waals surface area contributed by atoms with Crippen molar-refractivity contribution in [2.75, 3.05) is 11.9 Å². The molecule has 0 bridgehead atoms. The van der Waals surface area contributed by atoms with E-state index in [1.54, 1.807) is 30.9 Å². The lowest BCUT2D eigenvalue weighted by Gasteiger charge is -2.26. The number of halogens is 1. The van der Waals surface area contributed by atoms with E-state index >= 15 is 0 Å². The van der Waals surface area contributed by atoms with Gasteiger partial charge in [0, 0.05) is 19.0 Å². The smallest absolute Gasteiger partial charge is 0.248 e. The van der Waals surface area contributed by atoms with Crippen molar-refractivity contribution in [2.45, 2.75) is 57.9 Å². The van der Waals surface area contributed by atoms with Gasteiger partial charge in [-0.3, -0.25) is 9.59 Å². The maximum Gasteiger partial charge on any atom is 0.248 e. The van der Waals surface area contributed by atoms with Crippen LogP contribution < -0.4 is 5.32 Å². The maximum atomic E-state index is 13.7. The van der Waals surface area contributed by atoms with E-state index < -0.39 is 6.04 Å². The average molecular weight is 399 g/mol. The van der Waals surface area contributed by atoms with Crippen molar-refractivity contribution in [3.63, 3.8) is 0 Å². The molecule has 6 nitrogen and oxygen atoms in total. The van der Waals surface area contributed by atoms with Gasteiger partial charge in [-0.05, 0) is 68.6 Å². The summed E-state index contributed by atoms with van der Waals surface area (Å²) in [5, 5.41) is 6.53. The van der Waals surface area contributed by atoms with E-state index in [1.807, 2.05) is 6.07 Å². The Labute approximate surface area is 169 Å². The Morgan fingerprint density at radius 2 is 2.07 bits per heavy atom. The molecule has 1 aliphatic heterocycles. The summed E-state index contributed by atoms with van der Waals surface area (Å²) in [7, 11) is 0. The topological polar surface area (TPSA) is 75.4 Å². The number of aryl methyl sites for hydroxylation is 2. The largest absolute Gasteiger partial charge is 0.360 e. The van der Waals surface area contributed by atoms with Crippen LogP contribution in [0.15, 0.2) is 28.8 Å². The van der Waals surface area contributed by atoms with Crippen LogP contribution in [0.1, 0.15) is 54.9 Å². The van der Waals surface area contributed by atoms with Crippen LogP contribution in [0.25, 0.3) is 0 Å². The zero-order chi connectivity index (χ0) is 20.5. The van der Waals surface area contributed by atoms with E-state index in [4.69, 9.17) is 4.52 Å². The SMILES string of the molecule is Cc1cc(NC(=O)[C@H]2CCCN2C(=O)CC(c2ccc(F)c(C)c2)C2CC2)no1. The van der Waals surface area contributed by atoms with Crippen LogP contribution in [0.2, 0.25) is 0 Å². The zero-order valence-electron chi connectivity index (χ0n) is 16.8. The number of anilines is 1. The van der Waals surface area contributed by atoms with Gasteiger partial charge in [0.1, 0.15) is 17.6 Å². The molecule has 0 spiro atoms. The summed E-state index contributed by atoms with van der Waals surface area (Å²) in [6.07, 6.45) is 3.96. The highest BCUT2D eigenvalue weighted by molar-refractivity contribution is 5.97. The van der Waals surface area contributed by atoms with Crippen molar-refractivity contribution >= 4 is 17.6 Å². The van der Waals surface area contributed by atoms with Gasteiger partial charge in [0.25, 0.3) is 0 Å². The lowest BCUT2D eigenvalue weighted by atomic mass is 9.89. The van der Waals surface area contributed by atoms with Gasteiger partial charge in [-0.2, -0.15) is 0 Å². The summed E-state index contributed by atoms with van der Waals surface area (Å²) in [5.41, 5.74) is 1.61. The van der Waals surface area contributed by atoms with E-state index in [0.717, 1.165) is 24.8 Å². The quantitative estimate of drug-likeness (QED) is 0.798. The zero-order valence-corrected chi connectivity index (χ0v) is 16.8. The maximum absolute atomic E-state index is 13.7. The summed E-state index contributed by atoms with van der Waals surface area (Å²) in [5.74, 6) is 1.03. The van der Waals surface area contributed by atoms with E-state index in [-0.39, 0.29) is 23.5 Å². The molecule has 2 amide bonds. The third-order valence-electron chi connectivity index (χ3n) is 5.95. The molecule has 1 saturated carbocycles. The Bertz CT molecular complexity index is 922. The Morgan fingerprint density at radius 1 is 1.28 bits per heavy atom. The Balaban J connectivity index is 1.45. The number of aromatic nitrogens is 1. The molecular weight excluding hydrogens is 373 g/mol. The number of nitrogens with zero attached hydrogens (tertiary/aromatic N) is 2. The highest BCUT2D eigenvalue weighted by Gasteiger charge is 2.39. The number of likely N-dealkylation sites (tertiary alicyclic amines) is 1. The third kappa shape index (κ3) is 4.33. The van der Waals surface area contributed by atoms with Gasteiger partial charge in [-0.25, -0.2) is 4.39 Å². The van der Waals surface area contributed by atoms with Crippen molar-refractivity contribution in [3.05, 3.63) is 47.0 Å². The fourth-order valence-corrected chi connectivity index (χ4v) is 4.23. The minimum absolute atomic E-state index is 0.0159. The van der Waals surface area contributed by atoms with Crippen LogP contribution in [0.5, 0.6) is 0 Å². The third-order valence-corrected chi connectivity index (χ3v) is 5.95. The van der Waals surface area contributed by atoms with Crippen LogP contribution >= 0.6 is 0 Å². The highest BCUT2D eigenvalue weighted by atomic mass is 19.1. The van der Waals surface area contributed by atoms with Crippen molar-refractivity contribution in [1.29, 1.82) is 0 Å². The molecule has 2 aromatic rings. The molecular formula is C22H26FN3O3. The molecule has 154 valence electrons. The lowest BCUT2D eigenvalue weighted by Crippen LogP contribution is -2.43. The molecule has 1 N–H and O–H groups in total. The summed E-state index contributed by atoms with van der Waals surface area (Å²) in [6, 6.07) is 6.29. The summed E-state index contributed by atoms with van der Waals surface area (Å²) >= 11 is 0. The molecule has 2 heterocycles. The van der Waals surface area contributed by atoms with E-state index in [9.17, 15) is 14.0 Å². The molecule has 1 aromatic carbocycles. The summed E-state index contributed by atoms with van der Waals surface area (Å²) < 4.78 is 18.7. The Kier molecular flexibility index (Phi) is 5.39. The fraction of sp³-hybridized carbons (Fsp3) is 0.500. The molecule has 7 heteroatoms. The second-order valence-corrected chi connectivity index (χ2v) is 8.21. The molecule has 1 saturated heterocycles. The van der Waals surface area contributed by atoms with Crippen molar-refractivity contribution < 1.29 is 18.5 Å². The van der Waals surface area contributed by atoms with Gasteiger partial charge in [0.15, 0.2) is 5.82 Å². The monoisotopic (exact) mass is 399 g/mol. The van der Waals surface area contributed by atoms with Crippen LogP contribution in [-0.2, 0) is 9.59 Å². The van der Waals surface area contributed by atoms with Crippen molar-refractivity contribution in [3.8, 4) is 0 Å². The first-order valence-corrected chi connectivity index (χ1v) is 10.2. The molecule has 1 aromatic heterocycles. The Morgan fingerprint density at radius 3 is 2.72 bits per heavy atom. The van der Waals surface area contributed by atoms with E-state index in [1.165, 1.54) is 6.07 Å². The van der Waals surface area contributed by atoms with Gasteiger partial charge in [0.2, 0.25) is 11.8 Å². The number of amides is 2. The first kappa shape index (κ1) is 19.6. The van der Waals surface area contributed by atoms with E-state index in [0.29, 0.717) is 42.4 Å². The number of rotatable bonds is 6. The normalized spacial score (nSPS) is 20.0. The number of benzene rings is 1.